The van der Waals surface area contributed by atoms with Gasteiger partial charge in [-0.15, -0.1) is 0 Å². The van der Waals surface area contributed by atoms with Crippen LogP contribution in [0.1, 0.15) is 66.8 Å². The van der Waals surface area contributed by atoms with Crippen molar-refractivity contribution in [3.05, 3.63) is 100 Å². The van der Waals surface area contributed by atoms with Crippen LogP contribution in [-0.2, 0) is 31.3 Å². The molecule has 0 aliphatic carbocycles. The van der Waals surface area contributed by atoms with Gasteiger partial charge in [-0.1, -0.05) is 60.1 Å². The van der Waals surface area contributed by atoms with E-state index >= 15 is 0 Å². The number of benzene rings is 3. The molecule has 43 heavy (non-hydrogen) atoms. The van der Waals surface area contributed by atoms with Crippen molar-refractivity contribution in [1.82, 2.24) is 4.90 Å². The molecule has 0 spiro atoms. The van der Waals surface area contributed by atoms with E-state index in [4.69, 9.17) is 26.2 Å². The van der Waals surface area contributed by atoms with Crippen LogP contribution in [-0.4, -0.2) is 57.8 Å². The molecule has 3 aromatic carbocycles. The number of aliphatic hydroxyl groups is 2. The lowest BCUT2D eigenvalue weighted by Gasteiger charge is -2.42. The number of nitrogens with one attached hydrogen (secondary N) is 1. The van der Waals surface area contributed by atoms with E-state index in [0.29, 0.717) is 36.5 Å². The van der Waals surface area contributed by atoms with Crippen LogP contribution in [0.3, 0.4) is 0 Å². The van der Waals surface area contributed by atoms with E-state index in [2.05, 4.69) is 10.2 Å². The number of carbonyl (C=O) groups is 2. The molecule has 3 unspecified atom stereocenters. The van der Waals surface area contributed by atoms with Crippen LogP contribution in [0.25, 0.3) is 0 Å². The topological polar surface area (TPSA) is 129 Å². The summed E-state index contributed by atoms with van der Waals surface area (Å²) < 4.78 is 12.9. The summed E-state index contributed by atoms with van der Waals surface area (Å²) in [5.74, 6) is -1.38. The number of likely N-dealkylation sites (tertiary alicyclic amines) is 1. The zero-order chi connectivity index (χ0) is 30.4. The number of aliphatic hydroxyl groups excluding tert-OH is 1. The molecule has 2 fully saturated rings. The summed E-state index contributed by atoms with van der Waals surface area (Å²) >= 11 is 6.04. The monoisotopic (exact) mass is 608 g/mol. The highest BCUT2D eigenvalue weighted by Gasteiger charge is 2.37. The molecule has 3 aromatic rings. The SMILES string of the molecule is O=C(O)CCC(=O)Nc1ccc(C2OC(CN3CCC(O)(c4ccc(Cl)cc4)CC3)CC(c3ccc(CO)cc3)O2)cc1. The van der Waals surface area contributed by atoms with Gasteiger partial charge in [0.05, 0.1) is 30.8 Å². The van der Waals surface area contributed by atoms with Crippen molar-refractivity contribution in [1.29, 1.82) is 0 Å². The van der Waals surface area contributed by atoms with E-state index in [1.165, 1.54) is 0 Å². The Morgan fingerprint density at radius 3 is 2.19 bits per heavy atom. The summed E-state index contributed by atoms with van der Waals surface area (Å²) in [5.41, 5.74) is 3.17. The summed E-state index contributed by atoms with van der Waals surface area (Å²) in [5, 5.41) is 33.0. The standard InChI is InChI=1S/C33H37ClN2O7/c34-26-9-7-25(8-10-26)33(41)15-17-36(18-16-33)20-28-19-29(23-3-1-22(21-37)2-4-23)43-32(42-28)24-5-11-27(12-6-24)35-30(38)13-14-31(39)40/h1-12,28-29,32,37,41H,13-21H2,(H,35,38)(H,39,40). The second kappa shape index (κ2) is 14.0. The van der Waals surface area contributed by atoms with Crippen molar-refractivity contribution in [2.75, 3.05) is 25.0 Å². The second-order valence-electron chi connectivity index (χ2n) is 11.3. The van der Waals surface area contributed by atoms with Gasteiger partial charge < -0.3 is 35.0 Å². The van der Waals surface area contributed by atoms with Gasteiger partial charge in [0, 0.05) is 48.7 Å². The molecule has 5 rings (SSSR count). The maximum absolute atomic E-state index is 12.1. The molecular formula is C33H37ClN2O7. The third kappa shape index (κ3) is 8.20. The van der Waals surface area contributed by atoms with Gasteiger partial charge in [-0.2, -0.15) is 0 Å². The average molecular weight is 609 g/mol. The largest absolute Gasteiger partial charge is 0.481 e. The van der Waals surface area contributed by atoms with Crippen molar-refractivity contribution in [2.24, 2.45) is 0 Å². The number of halogens is 1. The van der Waals surface area contributed by atoms with Crippen molar-refractivity contribution in [2.45, 2.75) is 62.8 Å². The van der Waals surface area contributed by atoms with E-state index in [9.17, 15) is 19.8 Å². The van der Waals surface area contributed by atoms with Crippen LogP contribution in [0.5, 0.6) is 0 Å². The molecular weight excluding hydrogens is 572 g/mol. The zero-order valence-electron chi connectivity index (χ0n) is 23.8. The quantitative estimate of drug-likeness (QED) is 0.248. The predicted octanol–water partition coefficient (Wildman–Crippen LogP) is 5.16. The Balaban J connectivity index is 1.26. The Morgan fingerprint density at radius 2 is 1.56 bits per heavy atom. The average Bonchev–Trinajstić information content (AvgIpc) is 3.02. The van der Waals surface area contributed by atoms with Crippen LogP contribution in [0.4, 0.5) is 5.69 Å². The fourth-order valence-corrected chi connectivity index (χ4v) is 5.77. The number of ether oxygens (including phenoxy) is 2. The molecule has 2 heterocycles. The van der Waals surface area contributed by atoms with Gasteiger partial charge in [0.2, 0.25) is 5.91 Å². The van der Waals surface area contributed by atoms with Crippen molar-refractivity contribution in [3.63, 3.8) is 0 Å². The van der Waals surface area contributed by atoms with Gasteiger partial charge in [0.25, 0.3) is 0 Å². The Bertz CT molecular complexity index is 1370. The fraction of sp³-hybridized carbons (Fsp3) is 0.394. The molecule has 0 radical (unpaired) electrons. The third-order valence-electron chi connectivity index (χ3n) is 8.17. The van der Waals surface area contributed by atoms with Gasteiger partial charge >= 0.3 is 5.97 Å². The number of carboxylic acids is 1. The minimum absolute atomic E-state index is 0.0311. The van der Waals surface area contributed by atoms with Gasteiger partial charge in [-0.05, 0) is 53.8 Å². The second-order valence-corrected chi connectivity index (χ2v) is 11.7. The smallest absolute Gasteiger partial charge is 0.303 e. The molecule has 1 amide bonds. The lowest BCUT2D eigenvalue weighted by atomic mass is 9.84. The van der Waals surface area contributed by atoms with Crippen molar-refractivity contribution < 1.29 is 34.4 Å². The molecule has 4 N–H and O–H groups in total. The third-order valence-corrected chi connectivity index (χ3v) is 8.43. The van der Waals surface area contributed by atoms with E-state index in [-0.39, 0.29) is 37.6 Å². The van der Waals surface area contributed by atoms with E-state index in [1.54, 1.807) is 12.1 Å². The number of nitrogens with zero attached hydrogens (tertiary/aromatic N) is 1. The highest BCUT2D eigenvalue weighted by Crippen LogP contribution is 2.39. The van der Waals surface area contributed by atoms with E-state index in [1.807, 2.05) is 60.7 Å². The lowest BCUT2D eigenvalue weighted by Crippen LogP contribution is -2.46. The van der Waals surface area contributed by atoms with Crippen molar-refractivity contribution in [3.8, 4) is 0 Å². The minimum Gasteiger partial charge on any atom is -0.481 e. The van der Waals surface area contributed by atoms with Gasteiger partial charge in [-0.25, -0.2) is 0 Å². The molecule has 10 heteroatoms. The Kier molecular flexibility index (Phi) is 10.1. The first-order valence-corrected chi connectivity index (χ1v) is 14.9. The van der Waals surface area contributed by atoms with Gasteiger partial charge in [-0.3, -0.25) is 9.59 Å². The molecule has 2 aliphatic rings. The number of piperidine rings is 1. The predicted molar refractivity (Wildman–Crippen MR) is 161 cm³/mol. The fourth-order valence-electron chi connectivity index (χ4n) is 5.64. The Labute approximate surface area is 256 Å². The van der Waals surface area contributed by atoms with Gasteiger partial charge in [0.15, 0.2) is 6.29 Å². The summed E-state index contributed by atoms with van der Waals surface area (Å²) in [6.45, 7) is 2.09. The number of carboxylic acid groups (broad SMARTS) is 1. The number of hydrogen-bond donors (Lipinski definition) is 4. The van der Waals surface area contributed by atoms with Gasteiger partial charge in [0.1, 0.15) is 0 Å². The molecule has 0 saturated carbocycles. The summed E-state index contributed by atoms with van der Waals surface area (Å²) in [4.78, 5) is 25.1. The summed E-state index contributed by atoms with van der Waals surface area (Å²) in [6, 6.07) is 22.3. The van der Waals surface area contributed by atoms with Crippen LogP contribution in [0.2, 0.25) is 5.02 Å². The molecule has 2 saturated heterocycles. The molecule has 9 nitrogen and oxygen atoms in total. The molecule has 0 aromatic heterocycles. The van der Waals surface area contributed by atoms with E-state index < -0.39 is 17.9 Å². The molecule has 2 aliphatic heterocycles. The Hall–Kier alpha value is -3.31. The van der Waals surface area contributed by atoms with Crippen molar-refractivity contribution >= 4 is 29.2 Å². The number of hydrogen-bond acceptors (Lipinski definition) is 7. The first kappa shape index (κ1) is 31.1. The summed E-state index contributed by atoms with van der Waals surface area (Å²) in [7, 11) is 0. The first-order chi connectivity index (χ1) is 20.7. The van der Waals surface area contributed by atoms with Crippen LogP contribution in [0, 0.1) is 0 Å². The maximum Gasteiger partial charge on any atom is 0.303 e. The molecule has 0 bridgehead atoms. The Morgan fingerprint density at radius 1 is 0.907 bits per heavy atom. The first-order valence-electron chi connectivity index (χ1n) is 14.5. The normalized spacial score (nSPS) is 22.2. The van der Waals surface area contributed by atoms with E-state index in [0.717, 1.165) is 35.3 Å². The van der Waals surface area contributed by atoms with Crippen LogP contribution in [0.15, 0.2) is 72.8 Å². The van der Waals surface area contributed by atoms with Crippen LogP contribution < -0.4 is 5.32 Å². The highest BCUT2D eigenvalue weighted by molar-refractivity contribution is 6.30. The number of aliphatic carboxylic acids is 1. The number of amides is 1. The summed E-state index contributed by atoms with van der Waals surface area (Å²) in [6.07, 6.45) is 0.505. The zero-order valence-corrected chi connectivity index (χ0v) is 24.6. The number of anilines is 1. The minimum atomic E-state index is -1.02. The van der Waals surface area contributed by atoms with Crippen LogP contribution >= 0.6 is 11.6 Å². The maximum atomic E-state index is 12.1. The molecule has 228 valence electrons. The highest BCUT2D eigenvalue weighted by atomic mass is 35.5. The lowest BCUT2D eigenvalue weighted by molar-refractivity contribution is -0.253. The number of rotatable bonds is 10. The molecule has 3 atom stereocenters. The number of carbonyl (C=O) groups excluding carboxylic acids is 1.